The summed E-state index contributed by atoms with van der Waals surface area (Å²) >= 11 is 0. The van der Waals surface area contributed by atoms with Gasteiger partial charge in [-0.3, -0.25) is 4.79 Å². The standard InChI is InChI=1S/C20H17F4NO/c1-10(14-4-3-5-25-20(14)26)15-8-13(21)9-16(11(15)2)12-6-17(22)19(24)18(23)7-12/h6-9H,3-5H2,1-2H3,(H,25,26)/b14-10+. The van der Waals surface area contributed by atoms with Crippen molar-refractivity contribution in [1.82, 2.24) is 5.32 Å². The molecule has 1 saturated heterocycles. The van der Waals surface area contributed by atoms with E-state index in [1.54, 1.807) is 13.8 Å². The number of carbonyl (C=O) groups is 1. The molecule has 26 heavy (non-hydrogen) atoms. The zero-order chi connectivity index (χ0) is 19.0. The summed E-state index contributed by atoms with van der Waals surface area (Å²) in [4.78, 5) is 12.1. The predicted octanol–water partition coefficient (Wildman–Crippen LogP) is 4.90. The molecule has 0 aromatic heterocycles. The Morgan fingerprint density at radius 3 is 2.31 bits per heavy atom. The molecule has 0 atom stereocenters. The zero-order valence-electron chi connectivity index (χ0n) is 14.4. The molecule has 1 aliphatic rings. The highest BCUT2D eigenvalue weighted by molar-refractivity contribution is 6.02. The van der Waals surface area contributed by atoms with E-state index in [4.69, 9.17) is 0 Å². The Bertz CT molecular complexity index is 911. The molecule has 0 saturated carbocycles. The van der Waals surface area contributed by atoms with E-state index >= 15 is 0 Å². The first-order chi connectivity index (χ1) is 12.3. The fraction of sp³-hybridized carbons (Fsp3) is 0.250. The fourth-order valence-corrected chi connectivity index (χ4v) is 3.29. The van der Waals surface area contributed by atoms with Crippen LogP contribution in [0, 0.1) is 30.2 Å². The molecule has 0 bridgehead atoms. The van der Waals surface area contributed by atoms with Crippen LogP contribution in [0.3, 0.4) is 0 Å². The predicted molar refractivity (Wildman–Crippen MR) is 91.3 cm³/mol. The van der Waals surface area contributed by atoms with Gasteiger partial charge in [0, 0.05) is 12.1 Å². The molecule has 0 aliphatic carbocycles. The highest BCUT2D eigenvalue weighted by Gasteiger charge is 2.21. The molecule has 3 rings (SSSR count). The number of rotatable bonds is 2. The van der Waals surface area contributed by atoms with Crippen molar-refractivity contribution in [3.05, 3.63) is 64.2 Å². The van der Waals surface area contributed by atoms with Crippen LogP contribution in [0.5, 0.6) is 0 Å². The Hall–Kier alpha value is -2.63. The Morgan fingerprint density at radius 2 is 1.69 bits per heavy atom. The molecular weight excluding hydrogens is 346 g/mol. The maximum Gasteiger partial charge on any atom is 0.247 e. The lowest BCUT2D eigenvalue weighted by Gasteiger charge is -2.20. The first-order valence-corrected chi connectivity index (χ1v) is 8.23. The van der Waals surface area contributed by atoms with Gasteiger partial charge in [0.2, 0.25) is 5.91 Å². The van der Waals surface area contributed by atoms with Gasteiger partial charge in [-0.05, 0) is 78.8 Å². The number of amides is 1. The van der Waals surface area contributed by atoms with E-state index in [2.05, 4.69) is 5.32 Å². The summed E-state index contributed by atoms with van der Waals surface area (Å²) in [5.74, 6) is -5.06. The highest BCUT2D eigenvalue weighted by atomic mass is 19.2. The molecular formula is C20H17F4NO. The van der Waals surface area contributed by atoms with Gasteiger partial charge in [-0.25, -0.2) is 17.6 Å². The number of benzene rings is 2. The van der Waals surface area contributed by atoms with Crippen LogP contribution in [0.4, 0.5) is 17.6 Å². The summed E-state index contributed by atoms with van der Waals surface area (Å²) in [7, 11) is 0. The van der Waals surface area contributed by atoms with Gasteiger partial charge >= 0.3 is 0 Å². The van der Waals surface area contributed by atoms with Crippen LogP contribution in [0.15, 0.2) is 29.8 Å². The fourth-order valence-electron chi connectivity index (χ4n) is 3.29. The van der Waals surface area contributed by atoms with E-state index < -0.39 is 23.3 Å². The third-order valence-electron chi connectivity index (χ3n) is 4.69. The average Bonchev–Trinajstić information content (AvgIpc) is 2.60. The lowest BCUT2D eigenvalue weighted by molar-refractivity contribution is -0.118. The summed E-state index contributed by atoms with van der Waals surface area (Å²) in [6, 6.07) is 4.10. The Kier molecular flexibility index (Phi) is 4.85. The first-order valence-electron chi connectivity index (χ1n) is 8.23. The van der Waals surface area contributed by atoms with Crippen molar-refractivity contribution in [3.63, 3.8) is 0 Å². The summed E-state index contributed by atoms with van der Waals surface area (Å²) in [5.41, 5.74) is 2.49. The minimum absolute atomic E-state index is 0.0329. The number of halogens is 4. The minimum Gasteiger partial charge on any atom is -0.352 e. The van der Waals surface area contributed by atoms with Crippen LogP contribution in [-0.4, -0.2) is 12.5 Å². The van der Waals surface area contributed by atoms with Crippen molar-refractivity contribution in [3.8, 4) is 11.1 Å². The largest absolute Gasteiger partial charge is 0.352 e. The summed E-state index contributed by atoms with van der Waals surface area (Å²) in [6.45, 7) is 3.99. The third kappa shape index (κ3) is 3.23. The molecule has 6 heteroatoms. The van der Waals surface area contributed by atoms with Crippen LogP contribution >= 0.6 is 0 Å². The van der Waals surface area contributed by atoms with Gasteiger partial charge < -0.3 is 5.32 Å². The Labute approximate surface area is 148 Å². The zero-order valence-corrected chi connectivity index (χ0v) is 14.4. The second kappa shape index (κ2) is 6.94. The lowest BCUT2D eigenvalue weighted by Crippen LogP contribution is -2.31. The average molecular weight is 363 g/mol. The molecule has 0 radical (unpaired) electrons. The number of hydrogen-bond donors (Lipinski definition) is 1. The number of allylic oxidation sites excluding steroid dienone is 1. The van der Waals surface area contributed by atoms with Crippen molar-refractivity contribution in [2.45, 2.75) is 26.7 Å². The summed E-state index contributed by atoms with van der Waals surface area (Å²) in [6.07, 6.45) is 1.36. The second-order valence-electron chi connectivity index (χ2n) is 6.34. The molecule has 136 valence electrons. The van der Waals surface area contributed by atoms with Gasteiger partial charge in [0.15, 0.2) is 17.5 Å². The number of carbonyl (C=O) groups excluding carboxylic acids is 1. The van der Waals surface area contributed by atoms with Gasteiger partial charge in [0.05, 0.1) is 0 Å². The smallest absolute Gasteiger partial charge is 0.247 e. The van der Waals surface area contributed by atoms with Crippen LogP contribution in [0.1, 0.15) is 30.9 Å². The Morgan fingerprint density at radius 1 is 1.04 bits per heavy atom. The van der Waals surface area contributed by atoms with Gasteiger partial charge in [-0.15, -0.1) is 0 Å². The monoisotopic (exact) mass is 363 g/mol. The SMILES string of the molecule is C/C(=C1/CCCNC1=O)c1cc(F)cc(-c2cc(F)c(F)c(F)c2)c1C. The molecule has 2 nitrogen and oxygen atoms in total. The van der Waals surface area contributed by atoms with Gasteiger partial charge in [0.1, 0.15) is 5.82 Å². The minimum atomic E-state index is -1.57. The van der Waals surface area contributed by atoms with Crippen LogP contribution in [-0.2, 0) is 4.79 Å². The van der Waals surface area contributed by atoms with Crippen molar-refractivity contribution in [2.24, 2.45) is 0 Å². The van der Waals surface area contributed by atoms with Crippen LogP contribution in [0.25, 0.3) is 16.7 Å². The van der Waals surface area contributed by atoms with Gasteiger partial charge in [0.25, 0.3) is 0 Å². The van der Waals surface area contributed by atoms with Crippen molar-refractivity contribution in [2.75, 3.05) is 6.54 Å². The molecule has 1 N–H and O–H groups in total. The third-order valence-corrected chi connectivity index (χ3v) is 4.69. The van der Waals surface area contributed by atoms with E-state index in [0.717, 1.165) is 24.6 Å². The van der Waals surface area contributed by atoms with E-state index in [-0.39, 0.29) is 17.0 Å². The van der Waals surface area contributed by atoms with Gasteiger partial charge in [-0.1, -0.05) is 0 Å². The quantitative estimate of drug-likeness (QED) is 0.459. The molecule has 1 amide bonds. The molecule has 1 heterocycles. The highest BCUT2D eigenvalue weighted by Crippen LogP contribution is 2.34. The second-order valence-corrected chi connectivity index (χ2v) is 6.34. The molecule has 0 unspecified atom stereocenters. The van der Waals surface area contributed by atoms with E-state index in [1.807, 2.05) is 0 Å². The number of nitrogens with one attached hydrogen (secondary N) is 1. The van der Waals surface area contributed by atoms with Crippen LogP contribution in [0.2, 0.25) is 0 Å². The molecule has 1 aliphatic heterocycles. The number of piperidine rings is 1. The molecule has 2 aromatic rings. The Balaban J connectivity index is 2.19. The normalized spacial score (nSPS) is 16.5. The summed E-state index contributed by atoms with van der Waals surface area (Å²) in [5, 5.41) is 2.75. The molecule has 0 spiro atoms. The molecule has 1 fully saturated rings. The van der Waals surface area contributed by atoms with Crippen molar-refractivity contribution in [1.29, 1.82) is 0 Å². The topological polar surface area (TPSA) is 29.1 Å². The van der Waals surface area contributed by atoms with E-state index in [1.165, 1.54) is 6.07 Å². The van der Waals surface area contributed by atoms with Crippen molar-refractivity contribution < 1.29 is 22.4 Å². The maximum absolute atomic E-state index is 14.2. The summed E-state index contributed by atoms with van der Waals surface area (Å²) < 4.78 is 54.6. The number of hydrogen-bond acceptors (Lipinski definition) is 1. The first kappa shape index (κ1) is 18.2. The lowest BCUT2D eigenvalue weighted by atomic mass is 9.89. The van der Waals surface area contributed by atoms with Gasteiger partial charge in [-0.2, -0.15) is 0 Å². The molecule has 2 aromatic carbocycles. The van der Waals surface area contributed by atoms with Crippen LogP contribution < -0.4 is 5.32 Å². The van der Waals surface area contributed by atoms with E-state index in [0.29, 0.717) is 35.2 Å². The maximum atomic E-state index is 14.2. The van der Waals surface area contributed by atoms with E-state index in [9.17, 15) is 22.4 Å². The van der Waals surface area contributed by atoms with Crippen molar-refractivity contribution >= 4 is 11.5 Å².